The van der Waals surface area contributed by atoms with Crippen LogP contribution in [0.15, 0.2) is 65.6 Å². The zero-order valence-corrected chi connectivity index (χ0v) is 15.0. The zero-order chi connectivity index (χ0) is 18.6. The molecule has 2 rings (SSSR count). The lowest BCUT2D eigenvalue weighted by Crippen LogP contribution is -2.29. The molecule has 0 heterocycles. The highest BCUT2D eigenvalue weighted by Gasteiger charge is 2.04. The third-order valence-electron chi connectivity index (χ3n) is 3.26. The van der Waals surface area contributed by atoms with E-state index < -0.39 is 5.97 Å². The van der Waals surface area contributed by atoms with Crippen LogP contribution in [0.2, 0.25) is 0 Å². The Bertz CT molecular complexity index is 750. The van der Waals surface area contributed by atoms with E-state index in [1.807, 2.05) is 30.3 Å². The van der Waals surface area contributed by atoms with Crippen LogP contribution in [0.3, 0.4) is 0 Å². The highest BCUT2D eigenvalue weighted by atomic mass is 32.2. The molecule has 2 aromatic rings. The lowest BCUT2D eigenvalue weighted by atomic mass is 10.2. The fraction of sp³-hybridized carbons (Fsp3) is 0.200. The van der Waals surface area contributed by atoms with Crippen LogP contribution in [0.4, 0.5) is 4.39 Å². The fourth-order valence-corrected chi connectivity index (χ4v) is 2.89. The maximum atomic E-state index is 13.0. The molecule has 1 N–H and O–H groups in total. The molecule has 4 nitrogen and oxygen atoms in total. The number of hydrogen-bond donors (Lipinski definition) is 1. The molecule has 0 spiro atoms. The Balaban J connectivity index is 1.57. The van der Waals surface area contributed by atoms with Crippen LogP contribution in [-0.2, 0) is 14.3 Å². The molecule has 0 aliphatic carbocycles. The van der Waals surface area contributed by atoms with Gasteiger partial charge in [0.05, 0.1) is 0 Å². The van der Waals surface area contributed by atoms with Crippen LogP contribution < -0.4 is 5.32 Å². The van der Waals surface area contributed by atoms with Gasteiger partial charge in [-0.2, -0.15) is 0 Å². The largest absolute Gasteiger partial charge is 0.452 e. The first-order valence-corrected chi connectivity index (χ1v) is 9.17. The molecular weight excluding hydrogens is 353 g/mol. The van der Waals surface area contributed by atoms with Gasteiger partial charge in [0.25, 0.3) is 5.91 Å². The summed E-state index contributed by atoms with van der Waals surface area (Å²) in [5.41, 5.74) is 0.544. The van der Waals surface area contributed by atoms with Gasteiger partial charge in [-0.25, -0.2) is 9.18 Å². The molecule has 2 aromatic carbocycles. The second kappa shape index (κ2) is 11.1. The number of benzene rings is 2. The topological polar surface area (TPSA) is 55.4 Å². The molecule has 0 saturated carbocycles. The Morgan fingerprint density at radius 2 is 1.92 bits per heavy atom. The summed E-state index contributed by atoms with van der Waals surface area (Å²) in [6.07, 6.45) is 3.42. The molecule has 0 bridgehead atoms. The van der Waals surface area contributed by atoms with Gasteiger partial charge in [0, 0.05) is 17.5 Å². The number of thioether (sulfide) groups is 1. The van der Waals surface area contributed by atoms with Crippen LogP contribution in [0, 0.1) is 5.82 Å². The molecule has 26 heavy (non-hydrogen) atoms. The van der Waals surface area contributed by atoms with E-state index in [0.717, 1.165) is 12.2 Å². The van der Waals surface area contributed by atoms with Crippen molar-refractivity contribution >= 4 is 29.7 Å². The first-order valence-electron chi connectivity index (χ1n) is 8.18. The van der Waals surface area contributed by atoms with E-state index in [0.29, 0.717) is 12.1 Å². The number of nitrogens with one attached hydrogen (secondary N) is 1. The molecule has 0 aromatic heterocycles. The quantitative estimate of drug-likeness (QED) is 0.315. The average molecular weight is 373 g/mol. The molecule has 0 aliphatic rings. The van der Waals surface area contributed by atoms with Crippen molar-refractivity contribution in [1.82, 2.24) is 5.32 Å². The summed E-state index contributed by atoms with van der Waals surface area (Å²) in [7, 11) is 0. The molecule has 136 valence electrons. The summed E-state index contributed by atoms with van der Waals surface area (Å²) in [5, 5.41) is 2.70. The molecule has 0 unspecified atom stereocenters. The Morgan fingerprint density at radius 3 is 2.69 bits per heavy atom. The number of carbonyl (C=O) groups is 2. The fourth-order valence-electron chi connectivity index (χ4n) is 2.02. The van der Waals surface area contributed by atoms with E-state index in [2.05, 4.69) is 5.32 Å². The van der Waals surface area contributed by atoms with Gasteiger partial charge in [0.15, 0.2) is 6.61 Å². The van der Waals surface area contributed by atoms with Gasteiger partial charge in [-0.05, 0) is 48.1 Å². The molecule has 1 amide bonds. The van der Waals surface area contributed by atoms with Gasteiger partial charge in [-0.15, -0.1) is 11.8 Å². The normalized spacial score (nSPS) is 10.7. The lowest BCUT2D eigenvalue weighted by molar-refractivity contribution is -0.143. The molecular formula is C20H20FNO3S. The minimum atomic E-state index is -0.649. The van der Waals surface area contributed by atoms with Crippen LogP contribution in [0.1, 0.15) is 12.0 Å². The summed E-state index contributed by atoms with van der Waals surface area (Å²) < 4.78 is 17.9. The van der Waals surface area contributed by atoms with Gasteiger partial charge >= 0.3 is 5.97 Å². The Hall–Kier alpha value is -2.60. The number of rotatable bonds is 9. The number of amides is 1. The van der Waals surface area contributed by atoms with Crippen LogP contribution >= 0.6 is 11.8 Å². The predicted octanol–water partition coefficient (Wildman–Crippen LogP) is 3.68. The molecule has 0 fully saturated rings. The van der Waals surface area contributed by atoms with Crippen molar-refractivity contribution in [3.8, 4) is 0 Å². The summed E-state index contributed by atoms with van der Waals surface area (Å²) in [6.45, 7) is 0.188. The second-order valence-corrected chi connectivity index (χ2v) is 6.53. The Labute approximate surface area is 156 Å². The maximum Gasteiger partial charge on any atom is 0.331 e. The summed E-state index contributed by atoms with van der Waals surface area (Å²) in [6, 6.07) is 15.8. The number of halogens is 1. The van der Waals surface area contributed by atoms with E-state index in [-0.39, 0.29) is 18.3 Å². The smallest absolute Gasteiger partial charge is 0.331 e. The Morgan fingerprint density at radius 1 is 1.12 bits per heavy atom. The molecule has 6 heteroatoms. The van der Waals surface area contributed by atoms with E-state index in [1.54, 1.807) is 23.9 Å². The summed E-state index contributed by atoms with van der Waals surface area (Å²) >= 11 is 1.72. The first kappa shape index (κ1) is 19.7. The van der Waals surface area contributed by atoms with Crippen molar-refractivity contribution in [2.24, 2.45) is 0 Å². The minimum absolute atomic E-state index is 0.335. The van der Waals surface area contributed by atoms with Crippen molar-refractivity contribution in [1.29, 1.82) is 0 Å². The van der Waals surface area contributed by atoms with E-state index in [9.17, 15) is 14.0 Å². The standard InChI is InChI=1S/C20H20FNO3S/c21-17-7-4-6-16(14-17)10-11-20(24)25-15-19(23)22-12-5-13-26-18-8-2-1-3-9-18/h1-4,6-11,14H,5,12-13,15H2,(H,22,23)/b11-10+. The van der Waals surface area contributed by atoms with E-state index >= 15 is 0 Å². The van der Waals surface area contributed by atoms with Gasteiger partial charge in [0.2, 0.25) is 0 Å². The van der Waals surface area contributed by atoms with Gasteiger partial charge in [-0.3, -0.25) is 4.79 Å². The molecule has 0 atom stereocenters. The van der Waals surface area contributed by atoms with Gasteiger partial charge < -0.3 is 10.1 Å². The van der Waals surface area contributed by atoms with Gasteiger partial charge in [0.1, 0.15) is 5.82 Å². The van der Waals surface area contributed by atoms with Crippen LogP contribution in [-0.4, -0.2) is 30.8 Å². The number of carbonyl (C=O) groups excluding carboxylic acids is 2. The van der Waals surface area contributed by atoms with Crippen LogP contribution in [0.5, 0.6) is 0 Å². The summed E-state index contributed by atoms with van der Waals surface area (Å²) in [5.74, 6) is -0.489. The van der Waals surface area contributed by atoms with Crippen molar-refractivity contribution in [3.63, 3.8) is 0 Å². The highest BCUT2D eigenvalue weighted by molar-refractivity contribution is 7.99. The number of ether oxygens (including phenoxy) is 1. The average Bonchev–Trinajstić information content (AvgIpc) is 2.65. The van der Waals surface area contributed by atoms with Crippen molar-refractivity contribution < 1.29 is 18.7 Å². The van der Waals surface area contributed by atoms with Crippen LogP contribution in [0.25, 0.3) is 6.08 Å². The lowest BCUT2D eigenvalue weighted by Gasteiger charge is -2.05. The maximum absolute atomic E-state index is 13.0. The summed E-state index contributed by atoms with van der Waals surface area (Å²) in [4.78, 5) is 24.4. The van der Waals surface area contributed by atoms with E-state index in [4.69, 9.17) is 4.74 Å². The number of hydrogen-bond acceptors (Lipinski definition) is 4. The van der Waals surface area contributed by atoms with Gasteiger partial charge in [-0.1, -0.05) is 30.3 Å². The third kappa shape index (κ3) is 7.98. The van der Waals surface area contributed by atoms with Crippen molar-refractivity contribution in [3.05, 3.63) is 72.1 Å². The van der Waals surface area contributed by atoms with Crippen molar-refractivity contribution in [2.45, 2.75) is 11.3 Å². The third-order valence-corrected chi connectivity index (χ3v) is 4.36. The minimum Gasteiger partial charge on any atom is -0.452 e. The van der Waals surface area contributed by atoms with Crippen molar-refractivity contribution in [2.75, 3.05) is 18.9 Å². The molecule has 0 aliphatic heterocycles. The zero-order valence-electron chi connectivity index (χ0n) is 14.2. The molecule has 0 saturated heterocycles. The predicted molar refractivity (Wildman–Crippen MR) is 101 cm³/mol. The molecule has 0 radical (unpaired) electrons. The Kier molecular flexibility index (Phi) is 8.42. The second-order valence-electron chi connectivity index (χ2n) is 5.36. The van der Waals surface area contributed by atoms with E-state index in [1.165, 1.54) is 29.2 Å². The highest BCUT2D eigenvalue weighted by Crippen LogP contribution is 2.17. The SMILES string of the molecule is O=C(COC(=O)/C=C/c1cccc(F)c1)NCCCSc1ccccc1. The first-order chi connectivity index (χ1) is 12.6. The number of esters is 1. The monoisotopic (exact) mass is 373 g/mol.